The molecule has 19 heavy (non-hydrogen) atoms. The molecule has 106 valence electrons. The summed E-state index contributed by atoms with van der Waals surface area (Å²) >= 11 is 0. The van der Waals surface area contributed by atoms with Gasteiger partial charge < -0.3 is 0 Å². The lowest BCUT2D eigenvalue weighted by atomic mass is 10.1. The van der Waals surface area contributed by atoms with Gasteiger partial charge in [-0.1, -0.05) is 6.07 Å². The number of nitrogens with zero attached hydrogens (tertiary/aromatic N) is 1. The maximum Gasteiger partial charge on any atom is 0.270 e. The van der Waals surface area contributed by atoms with Crippen LogP contribution >= 0.6 is 0 Å². The lowest BCUT2D eigenvalue weighted by Gasteiger charge is -2.13. The summed E-state index contributed by atoms with van der Waals surface area (Å²) in [6.07, 6.45) is 1.11. The Bertz CT molecular complexity index is 516. The third-order valence-electron chi connectivity index (χ3n) is 2.32. The molecule has 0 aliphatic heterocycles. The SMILES string of the molecule is CC(F)(F)c1ccc(/C=N/[S@](=O)C(C)(C)C)c(F)c1. The van der Waals surface area contributed by atoms with Crippen molar-refractivity contribution >= 4 is 17.2 Å². The van der Waals surface area contributed by atoms with Crippen LogP contribution in [0.1, 0.15) is 38.8 Å². The van der Waals surface area contributed by atoms with Crippen molar-refractivity contribution in [2.45, 2.75) is 38.4 Å². The molecule has 2 nitrogen and oxygen atoms in total. The van der Waals surface area contributed by atoms with Crippen molar-refractivity contribution in [2.24, 2.45) is 4.40 Å². The van der Waals surface area contributed by atoms with Crippen LogP contribution in [0.3, 0.4) is 0 Å². The van der Waals surface area contributed by atoms with Gasteiger partial charge in [-0.3, -0.25) is 0 Å². The summed E-state index contributed by atoms with van der Waals surface area (Å²) in [4.78, 5) is 0. The van der Waals surface area contributed by atoms with Crippen molar-refractivity contribution in [3.63, 3.8) is 0 Å². The van der Waals surface area contributed by atoms with E-state index in [1.807, 2.05) is 0 Å². The molecule has 0 saturated carbocycles. The Morgan fingerprint density at radius 3 is 2.21 bits per heavy atom. The minimum atomic E-state index is -3.09. The zero-order chi connectivity index (χ0) is 14.8. The predicted molar refractivity (Wildman–Crippen MR) is 71.5 cm³/mol. The largest absolute Gasteiger partial charge is 0.270 e. The van der Waals surface area contributed by atoms with E-state index in [2.05, 4.69) is 4.40 Å². The van der Waals surface area contributed by atoms with E-state index in [1.165, 1.54) is 6.07 Å². The minimum absolute atomic E-state index is 0.0330. The molecular weight excluding hydrogens is 275 g/mol. The third-order valence-corrected chi connectivity index (χ3v) is 3.66. The smallest absolute Gasteiger partial charge is 0.234 e. The number of hydrogen-bond acceptors (Lipinski definition) is 1. The zero-order valence-corrected chi connectivity index (χ0v) is 12.0. The quantitative estimate of drug-likeness (QED) is 0.778. The molecule has 0 aromatic heterocycles. The van der Waals surface area contributed by atoms with Crippen molar-refractivity contribution in [3.8, 4) is 0 Å². The normalized spacial score (nSPS) is 14.9. The fourth-order valence-corrected chi connectivity index (χ4v) is 1.69. The second-order valence-corrected chi connectivity index (χ2v) is 7.15. The molecule has 0 amide bonds. The Labute approximate surface area is 113 Å². The van der Waals surface area contributed by atoms with Gasteiger partial charge in [-0.15, -0.1) is 0 Å². The molecule has 0 radical (unpaired) electrons. The topological polar surface area (TPSA) is 29.4 Å². The van der Waals surface area contributed by atoms with Crippen LogP contribution in [0.2, 0.25) is 0 Å². The van der Waals surface area contributed by atoms with Crippen LogP contribution in [0.25, 0.3) is 0 Å². The summed E-state index contributed by atoms with van der Waals surface area (Å²) in [5.41, 5.74) is -0.371. The summed E-state index contributed by atoms with van der Waals surface area (Å²) in [5, 5.41) is 0. The Morgan fingerprint density at radius 2 is 1.79 bits per heavy atom. The van der Waals surface area contributed by atoms with Gasteiger partial charge in [-0.25, -0.2) is 17.4 Å². The lowest BCUT2D eigenvalue weighted by Crippen LogP contribution is -2.19. The second-order valence-electron chi connectivity index (χ2n) is 5.22. The molecule has 0 aliphatic rings. The van der Waals surface area contributed by atoms with Gasteiger partial charge in [0.1, 0.15) is 16.8 Å². The summed E-state index contributed by atoms with van der Waals surface area (Å²) in [5.74, 6) is -3.90. The number of hydrogen-bond donors (Lipinski definition) is 0. The summed E-state index contributed by atoms with van der Waals surface area (Å²) in [6, 6.07) is 3.09. The Hall–Kier alpha value is -1.17. The van der Waals surface area contributed by atoms with E-state index in [4.69, 9.17) is 0 Å². The first-order valence-electron chi connectivity index (χ1n) is 5.66. The van der Waals surface area contributed by atoms with E-state index < -0.39 is 33.0 Å². The van der Waals surface area contributed by atoms with Crippen molar-refractivity contribution in [3.05, 3.63) is 35.1 Å². The summed E-state index contributed by atoms with van der Waals surface area (Å²) < 4.78 is 54.4. The molecule has 0 aliphatic carbocycles. The monoisotopic (exact) mass is 291 g/mol. The van der Waals surface area contributed by atoms with Crippen molar-refractivity contribution in [1.29, 1.82) is 0 Å². The molecule has 0 bridgehead atoms. The summed E-state index contributed by atoms with van der Waals surface area (Å²) in [6.45, 7) is 5.90. The minimum Gasteiger partial charge on any atom is -0.234 e. The second kappa shape index (κ2) is 5.45. The highest BCUT2D eigenvalue weighted by atomic mass is 32.2. The Morgan fingerprint density at radius 1 is 1.21 bits per heavy atom. The highest BCUT2D eigenvalue weighted by Crippen LogP contribution is 2.27. The van der Waals surface area contributed by atoms with Gasteiger partial charge >= 0.3 is 0 Å². The van der Waals surface area contributed by atoms with Crippen molar-refractivity contribution in [1.82, 2.24) is 0 Å². The average molecular weight is 291 g/mol. The van der Waals surface area contributed by atoms with Crippen molar-refractivity contribution < 1.29 is 17.4 Å². The van der Waals surface area contributed by atoms with E-state index in [0.717, 1.165) is 18.3 Å². The predicted octanol–water partition coefficient (Wildman–Crippen LogP) is 3.82. The fraction of sp³-hybridized carbons (Fsp3) is 0.462. The molecule has 0 heterocycles. The molecule has 1 atom stereocenters. The first kappa shape index (κ1) is 15.9. The van der Waals surface area contributed by atoms with E-state index in [-0.39, 0.29) is 5.56 Å². The van der Waals surface area contributed by atoms with Crippen LogP contribution in [0, 0.1) is 5.82 Å². The number of rotatable bonds is 3. The first-order chi connectivity index (χ1) is 8.51. The molecule has 0 fully saturated rings. The van der Waals surface area contributed by atoms with Gasteiger partial charge in [-0.2, -0.15) is 4.40 Å². The van der Waals surface area contributed by atoms with Gasteiger partial charge in [0, 0.05) is 24.3 Å². The van der Waals surface area contributed by atoms with Crippen LogP contribution in [-0.2, 0) is 16.9 Å². The first-order valence-corrected chi connectivity index (χ1v) is 6.76. The van der Waals surface area contributed by atoms with Gasteiger partial charge in [0.2, 0.25) is 0 Å². The average Bonchev–Trinajstić information content (AvgIpc) is 2.24. The molecule has 1 rings (SSSR count). The molecule has 6 heteroatoms. The van der Waals surface area contributed by atoms with E-state index in [0.29, 0.717) is 6.92 Å². The van der Waals surface area contributed by atoms with Crippen LogP contribution in [0.15, 0.2) is 22.6 Å². The molecule has 1 aromatic rings. The molecule has 1 aromatic carbocycles. The molecular formula is C13H16F3NOS. The van der Waals surface area contributed by atoms with E-state index in [9.17, 15) is 17.4 Å². The molecule has 0 saturated heterocycles. The van der Waals surface area contributed by atoms with Gasteiger partial charge in [0.25, 0.3) is 5.92 Å². The highest BCUT2D eigenvalue weighted by Gasteiger charge is 2.25. The zero-order valence-electron chi connectivity index (χ0n) is 11.2. The number of halogens is 3. The van der Waals surface area contributed by atoms with Crippen LogP contribution in [0.4, 0.5) is 13.2 Å². The molecule has 0 unspecified atom stereocenters. The van der Waals surface area contributed by atoms with Crippen LogP contribution in [0.5, 0.6) is 0 Å². The Kier molecular flexibility index (Phi) is 4.55. The Balaban J connectivity index is 2.99. The lowest BCUT2D eigenvalue weighted by molar-refractivity contribution is 0.0171. The molecule has 0 spiro atoms. The standard InChI is InChI=1S/C13H16F3NOS/c1-12(2,3)19(18)17-8-9-5-6-10(7-11(9)14)13(4,15)16/h5-8H,1-4H3/b17-8+/t19-/m1/s1. The fourth-order valence-electron chi connectivity index (χ4n) is 1.17. The third kappa shape index (κ3) is 4.45. The maximum atomic E-state index is 13.6. The van der Waals surface area contributed by atoms with E-state index in [1.54, 1.807) is 20.8 Å². The number of benzene rings is 1. The van der Waals surface area contributed by atoms with E-state index >= 15 is 0 Å². The molecule has 0 N–H and O–H groups in total. The van der Waals surface area contributed by atoms with Gasteiger partial charge in [-0.05, 0) is 32.9 Å². The van der Waals surface area contributed by atoms with Crippen LogP contribution < -0.4 is 0 Å². The van der Waals surface area contributed by atoms with Crippen LogP contribution in [-0.4, -0.2) is 15.2 Å². The van der Waals surface area contributed by atoms with Crippen molar-refractivity contribution in [2.75, 3.05) is 0 Å². The van der Waals surface area contributed by atoms with Gasteiger partial charge in [0.15, 0.2) is 0 Å². The number of alkyl halides is 2. The highest BCUT2D eigenvalue weighted by molar-refractivity contribution is 7.85. The van der Waals surface area contributed by atoms with Gasteiger partial charge in [0.05, 0.1) is 4.75 Å². The maximum absolute atomic E-state index is 13.6. The summed E-state index contributed by atoms with van der Waals surface area (Å²) in [7, 11) is -1.51.